The number of carbonyl (C=O) groups excluding carboxylic acids is 1. The Balaban J connectivity index is 2.82. The van der Waals surface area contributed by atoms with E-state index < -0.39 is 12.0 Å². The van der Waals surface area contributed by atoms with Gasteiger partial charge in [0.1, 0.15) is 5.56 Å². The number of carboxylic acid groups (broad SMARTS) is 1. The molecule has 0 saturated heterocycles. The van der Waals surface area contributed by atoms with Crippen LogP contribution < -0.4 is 5.32 Å². The third-order valence-corrected chi connectivity index (χ3v) is 2.47. The fourth-order valence-corrected chi connectivity index (χ4v) is 1.68. The summed E-state index contributed by atoms with van der Waals surface area (Å²) in [6.07, 6.45) is 0.389. The normalized spacial score (nSPS) is 12.5. The largest absolute Gasteiger partial charge is 0.477 e. The number of nitrogens with one attached hydrogen (secondary N) is 1. The second-order valence-corrected chi connectivity index (χ2v) is 4.70. The molecule has 0 aromatic carbocycles. The lowest BCUT2D eigenvalue weighted by molar-refractivity contribution is -0.122. The average molecular weight is 254 g/mol. The third kappa shape index (κ3) is 3.32. The Morgan fingerprint density at radius 2 is 2.00 bits per heavy atom. The van der Waals surface area contributed by atoms with Crippen molar-refractivity contribution in [3.05, 3.63) is 17.0 Å². The lowest BCUT2D eigenvalue weighted by atomic mass is 10.1. The number of aromatic carboxylic acids is 1. The van der Waals surface area contributed by atoms with Crippen molar-refractivity contribution in [3.63, 3.8) is 0 Å². The highest BCUT2D eigenvalue weighted by atomic mass is 16.5. The summed E-state index contributed by atoms with van der Waals surface area (Å²) in [4.78, 5) is 22.7. The van der Waals surface area contributed by atoms with Crippen LogP contribution in [0.1, 0.15) is 55.0 Å². The molecule has 0 radical (unpaired) electrons. The molecule has 1 rings (SSSR count). The number of carboxylic acids is 1. The zero-order valence-electron chi connectivity index (χ0n) is 11.0. The molecular formula is C12H18N2O4. The minimum absolute atomic E-state index is 0.0207. The van der Waals surface area contributed by atoms with Crippen molar-refractivity contribution in [2.45, 2.75) is 40.2 Å². The number of amides is 1. The van der Waals surface area contributed by atoms with Crippen LogP contribution >= 0.6 is 0 Å². The number of hydrogen-bond acceptors (Lipinski definition) is 4. The van der Waals surface area contributed by atoms with E-state index in [9.17, 15) is 9.59 Å². The van der Waals surface area contributed by atoms with Crippen molar-refractivity contribution < 1.29 is 19.2 Å². The monoisotopic (exact) mass is 254 g/mol. The van der Waals surface area contributed by atoms with Gasteiger partial charge in [0.25, 0.3) is 0 Å². The third-order valence-electron chi connectivity index (χ3n) is 2.47. The van der Waals surface area contributed by atoms with Crippen molar-refractivity contribution in [1.29, 1.82) is 0 Å². The standard InChI is InChI=1S/C12H18N2O4/c1-6(2)5-9(15)13-8(4)11-10(12(16)17)7(3)14-18-11/h6,8H,5H2,1-4H3,(H,13,15)(H,16,17)/t8-/m1/s1. The molecule has 0 bridgehead atoms. The second kappa shape index (κ2) is 5.66. The van der Waals surface area contributed by atoms with Crippen molar-refractivity contribution in [2.75, 3.05) is 0 Å². The summed E-state index contributed by atoms with van der Waals surface area (Å²) in [5, 5.41) is 15.4. The van der Waals surface area contributed by atoms with Gasteiger partial charge in [-0.3, -0.25) is 4.79 Å². The maximum Gasteiger partial charge on any atom is 0.341 e. The fourth-order valence-electron chi connectivity index (χ4n) is 1.68. The van der Waals surface area contributed by atoms with Gasteiger partial charge in [-0.2, -0.15) is 0 Å². The minimum Gasteiger partial charge on any atom is -0.477 e. The molecule has 1 atom stereocenters. The zero-order valence-corrected chi connectivity index (χ0v) is 11.0. The molecule has 6 nitrogen and oxygen atoms in total. The molecule has 0 aliphatic heterocycles. The summed E-state index contributed by atoms with van der Waals surface area (Å²) in [7, 11) is 0. The molecular weight excluding hydrogens is 236 g/mol. The highest BCUT2D eigenvalue weighted by Crippen LogP contribution is 2.21. The van der Waals surface area contributed by atoms with Crippen LogP contribution in [-0.4, -0.2) is 22.1 Å². The number of aromatic nitrogens is 1. The van der Waals surface area contributed by atoms with E-state index in [2.05, 4.69) is 10.5 Å². The molecule has 2 N–H and O–H groups in total. The average Bonchev–Trinajstić information content (AvgIpc) is 2.58. The van der Waals surface area contributed by atoms with E-state index in [1.54, 1.807) is 13.8 Å². The lowest BCUT2D eigenvalue weighted by Crippen LogP contribution is -2.28. The Morgan fingerprint density at radius 1 is 1.39 bits per heavy atom. The van der Waals surface area contributed by atoms with Crippen LogP contribution in [0.5, 0.6) is 0 Å². The second-order valence-electron chi connectivity index (χ2n) is 4.70. The van der Waals surface area contributed by atoms with Crippen LogP contribution in [0.15, 0.2) is 4.52 Å². The molecule has 100 valence electrons. The quantitative estimate of drug-likeness (QED) is 0.837. The first-order chi connectivity index (χ1) is 8.32. The lowest BCUT2D eigenvalue weighted by Gasteiger charge is -2.12. The van der Waals surface area contributed by atoms with Crippen molar-refractivity contribution in [2.24, 2.45) is 5.92 Å². The van der Waals surface area contributed by atoms with E-state index in [-0.39, 0.29) is 23.1 Å². The Kier molecular flexibility index (Phi) is 4.47. The molecule has 1 amide bonds. The van der Waals surface area contributed by atoms with Gasteiger partial charge in [0.2, 0.25) is 5.91 Å². The molecule has 0 fully saturated rings. The van der Waals surface area contributed by atoms with Crippen LogP contribution in [0.4, 0.5) is 0 Å². The van der Waals surface area contributed by atoms with Gasteiger partial charge in [-0.25, -0.2) is 4.79 Å². The van der Waals surface area contributed by atoms with Gasteiger partial charge in [-0.05, 0) is 19.8 Å². The zero-order chi connectivity index (χ0) is 13.9. The molecule has 1 heterocycles. The summed E-state index contributed by atoms with van der Waals surface area (Å²) < 4.78 is 4.98. The van der Waals surface area contributed by atoms with Crippen molar-refractivity contribution >= 4 is 11.9 Å². The van der Waals surface area contributed by atoms with Crippen molar-refractivity contribution in [1.82, 2.24) is 10.5 Å². The van der Waals surface area contributed by atoms with Gasteiger partial charge in [0, 0.05) is 6.42 Å². The van der Waals surface area contributed by atoms with Gasteiger partial charge < -0.3 is 14.9 Å². The number of carbonyl (C=O) groups is 2. The number of nitrogens with zero attached hydrogens (tertiary/aromatic N) is 1. The predicted octanol–water partition coefficient (Wildman–Crippen LogP) is 1.90. The molecule has 1 aromatic heterocycles. The molecule has 18 heavy (non-hydrogen) atoms. The van der Waals surface area contributed by atoms with E-state index >= 15 is 0 Å². The molecule has 0 aliphatic rings. The van der Waals surface area contributed by atoms with Crippen LogP contribution in [0.25, 0.3) is 0 Å². The number of rotatable bonds is 5. The first-order valence-corrected chi connectivity index (χ1v) is 5.81. The highest BCUT2D eigenvalue weighted by molar-refractivity contribution is 5.90. The molecule has 0 aliphatic carbocycles. The summed E-state index contributed by atoms with van der Waals surface area (Å²) >= 11 is 0. The van der Waals surface area contributed by atoms with Crippen LogP contribution in [-0.2, 0) is 4.79 Å². The Morgan fingerprint density at radius 3 is 2.50 bits per heavy atom. The summed E-state index contributed by atoms with van der Waals surface area (Å²) in [6, 6.07) is -0.511. The molecule has 0 spiro atoms. The van der Waals surface area contributed by atoms with Gasteiger partial charge in [-0.1, -0.05) is 19.0 Å². The Labute approximate surface area is 105 Å². The van der Waals surface area contributed by atoms with Gasteiger partial charge in [-0.15, -0.1) is 0 Å². The highest BCUT2D eigenvalue weighted by Gasteiger charge is 2.25. The molecule has 0 saturated carbocycles. The van der Waals surface area contributed by atoms with E-state index in [0.717, 1.165) is 0 Å². The minimum atomic E-state index is -1.10. The molecule has 6 heteroatoms. The van der Waals surface area contributed by atoms with E-state index in [1.165, 1.54) is 0 Å². The molecule has 1 aromatic rings. The van der Waals surface area contributed by atoms with E-state index in [4.69, 9.17) is 9.63 Å². The SMILES string of the molecule is Cc1noc([C@@H](C)NC(=O)CC(C)C)c1C(=O)O. The fraction of sp³-hybridized carbons (Fsp3) is 0.583. The maximum atomic E-state index is 11.6. The first kappa shape index (κ1) is 14.2. The van der Waals surface area contributed by atoms with Gasteiger partial charge in [0.15, 0.2) is 5.76 Å². The number of hydrogen-bond donors (Lipinski definition) is 2. The number of aryl methyl sites for hydroxylation is 1. The first-order valence-electron chi connectivity index (χ1n) is 5.81. The van der Waals surface area contributed by atoms with Crippen LogP contribution in [0.2, 0.25) is 0 Å². The van der Waals surface area contributed by atoms with Gasteiger partial charge in [0.05, 0.1) is 11.7 Å². The Bertz CT molecular complexity index is 451. The van der Waals surface area contributed by atoms with E-state index in [1.807, 2.05) is 13.8 Å². The van der Waals surface area contributed by atoms with E-state index in [0.29, 0.717) is 12.1 Å². The van der Waals surface area contributed by atoms with Gasteiger partial charge >= 0.3 is 5.97 Å². The topological polar surface area (TPSA) is 92.4 Å². The summed E-state index contributed by atoms with van der Waals surface area (Å²) in [5.41, 5.74) is 0.329. The van der Waals surface area contributed by atoms with Crippen LogP contribution in [0.3, 0.4) is 0 Å². The van der Waals surface area contributed by atoms with Crippen molar-refractivity contribution in [3.8, 4) is 0 Å². The van der Waals surface area contributed by atoms with Crippen LogP contribution in [0, 0.1) is 12.8 Å². The summed E-state index contributed by atoms with van der Waals surface area (Å²) in [6.45, 7) is 7.10. The molecule has 0 unspecified atom stereocenters. The Hall–Kier alpha value is -1.85. The summed E-state index contributed by atoms with van der Waals surface area (Å²) in [5.74, 6) is -0.818. The smallest absolute Gasteiger partial charge is 0.341 e. The maximum absolute atomic E-state index is 11.6. The predicted molar refractivity (Wildman–Crippen MR) is 64.2 cm³/mol.